The van der Waals surface area contributed by atoms with Gasteiger partial charge in [-0.05, 0) is 23.8 Å². The van der Waals surface area contributed by atoms with Crippen molar-refractivity contribution in [2.75, 3.05) is 6.86 Å². The van der Waals surface area contributed by atoms with E-state index in [2.05, 4.69) is 10.2 Å². The van der Waals surface area contributed by atoms with Crippen molar-refractivity contribution in [3.8, 4) is 16.9 Å². The molecule has 0 N–H and O–H groups in total. The fraction of sp³-hybridized carbons (Fsp3) is 0.0769. The third-order valence-electron chi connectivity index (χ3n) is 2.93. The number of carbonyl (C=O) groups is 2. The molecule has 94 valence electrons. The van der Waals surface area contributed by atoms with Gasteiger partial charge >= 0.3 is 0 Å². The zero-order chi connectivity index (χ0) is 13.4. The molecule has 6 heteroatoms. The molecular formula is C13H7FN2O3. The SMILES string of the molecule is O=C1C(=O)c2ccc(OCF)cc2-c2cnncc21. The monoisotopic (exact) mass is 258 g/mol. The number of alkyl halides is 1. The lowest BCUT2D eigenvalue weighted by Gasteiger charge is -2.17. The molecule has 0 aliphatic heterocycles. The Bertz CT molecular complexity index is 700. The maximum Gasteiger partial charge on any atom is 0.235 e. The predicted octanol–water partition coefficient (Wildman–Crippen LogP) is 1.83. The van der Waals surface area contributed by atoms with E-state index in [0.717, 1.165) is 0 Å². The van der Waals surface area contributed by atoms with Crippen LogP contribution in [0.5, 0.6) is 5.75 Å². The zero-order valence-electron chi connectivity index (χ0n) is 9.59. The number of halogens is 1. The van der Waals surface area contributed by atoms with Crippen molar-refractivity contribution in [2.24, 2.45) is 0 Å². The minimum absolute atomic E-state index is 0.199. The minimum Gasteiger partial charge on any atom is -0.463 e. The maximum atomic E-state index is 12.2. The van der Waals surface area contributed by atoms with E-state index < -0.39 is 18.4 Å². The summed E-state index contributed by atoms with van der Waals surface area (Å²) in [6.45, 7) is -0.965. The molecule has 0 amide bonds. The molecule has 0 saturated heterocycles. The first kappa shape index (κ1) is 11.5. The van der Waals surface area contributed by atoms with E-state index in [1.54, 1.807) is 0 Å². The number of ether oxygens (including phenoxy) is 1. The fourth-order valence-electron chi connectivity index (χ4n) is 2.06. The molecule has 2 aromatic rings. The molecule has 1 heterocycles. The number of benzene rings is 1. The molecule has 1 aliphatic rings. The molecule has 19 heavy (non-hydrogen) atoms. The summed E-state index contributed by atoms with van der Waals surface area (Å²) in [5.74, 6) is -0.940. The van der Waals surface area contributed by atoms with E-state index in [1.165, 1.54) is 30.6 Å². The molecular weight excluding hydrogens is 251 g/mol. The van der Waals surface area contributed by atoms with Gasteiger partial charge in [-0.3, -0.25) is 9.59 Å². The normalized spacial score (nSPS) is 12.9. The first-order valence-corrected chi connectivity index (χ1v) is 5.45. The van der Waals surface area contributed by atoms with E-state index in [9.17, 15) is 14.0 Å². The highest BCUT2D eigenvalue weighted by atomic mass is 19.1. The van der Waals surface area contributed by atoms with Crippen LogP contribution >= 0.6 is 0 Å². The number of hydrogen-bond donors (Lipinski definition) is 0. The molecule has 1 aromatic heterocycles. The summed E-state index contributed by atoms with van der Waals surface area (Å²) >= 11 is 0. The number of nitrogens with zero attached hydrogens (tertiary/aromatic N) is 2. The van der Waals surface area contributed by atoms with Gasteiger partial charge in [0.25, 0.3) is 0 Å². The van der Waals surface area contributed by atoms with Gasteiger partial charge in [0, 0.05) is 11.1 Å². The zero-order valence-corrected chi connectivity index (χ0v) is 9.59. The van der Waals surface area contributed by atoms with Crippen LogP contribution in [0.2, 0.25) is 0 Å². The molecule has 0 saturated carbocycles. The smallest absolute Gasteiger partial charge is 0.235 e. The molecule has 5 nitrogen and oxygen atoms in total. The summed E-state index contributed by atoms with van der Waals surface area (Å²) < 4.78 is 16.9. The van der Waals surface area contributed by atoms with Gasteiger partial charge in [-0.1, -0.05) is 0 Å². The molecule has 3 rings (SSSR count). The van der Waals surface area contributed by atoms with Crippen LogP contribution in [-0.4, -0.2) is 28.6 Å². The van der Waals surface area contributed by atoms with Crippen molar-refractivity contribution >= 4 is 11.6 Å². The lowest BCUT2D eigenvalue weighted by Crippen LogP contribution is -2.21. The molecule has 0 fully saturated rings. The second-order valence-corrected chi connectivity index (χ2v) is 3.94. The Labute approximate surface area is 107 Å². The summed E-state index contributed by atoms with van der Waals surface area (Å²) in [4.78, 5) is 23.8. The number of hydrogen-bond acceptors (Lipinski definition) is 5. The standard InChI is InChI=1S/C13H7FN2O3/c14-6-19-7-1-2-8-9(3-7)10-4-15-16-5-11(10)13(18)12(8)17/h1-5H,6H2. The Hall–Kier alpha value is -2.63. The quantitative estimate of drug-likeness (QED) is 0.768. The third kappa shape index (κ3) is 1.69. The summed E-state index contributed by atoms with van der Waals surface area (Å²) in [5.41, 5.74) is 1.46. The first-order valence-electron chi connectivity index (χ1n) is 5.45. The van der Waals surface area contributed by atoms with Gasteiger partial charge in [0.15, 0.2) is 0 Å². The number of aromatic nitrogens is 2. The Balaban J connectivity index is 2.26. The Morgan fingerprint density at radius 3 is 2.37 bits per heavy atom. The second kappa shape index (κ2) is 4.24. The predicted molar refractivity (Wildman–Crippen MR) is 62.7 cm³/mol. The fourth-order valence-corrected chi connectivity index (χ4v) is 2.06. The average Bonchev–Trinajstić information content (AvgIpc) is 2.45. The average molecular weight is 258 g/mol. The molecule has 0 bridgehead atoms. The van der Waals surface area contributed by atoms with Gasteiger partial charge < -0.3 is 4.74 Å². The number of rotatable bonds is 2. The maximum absolute atomic E-state index is 12.2. The van der Waals surface area contributed by atoms with Gasteiger partial charge in [-0.2, -0.15) is 10.2 Å². The highest BCUT2D eigenvalue weighted by Gasteiger charge is 2.31. The first-order chi connectivity index (χ1) is 9.22. The largest absolute Gasteiger partial charge is 0.463 e. The molecule has 1 aromatic carbocycles. The van der Waals surface area contributed by atoms with Crippen molar-refractivity contribution in [3.63, 3.8) is 0 Å². The summed E-state index contributed by atoms with van der Waals surface area (Å²) in [7, 11) is 0. The Kier molecular flexibility index (Phi) is 2.56. The van der Waals surface area contributed by atoms with E-state index >= 15 is 0 Å². The van der Waals surface area contributed by atoms with Crippen LogP contribution in [-0.2, 0) is 0 Å². The molecule has 0 unspecified atom stereocenters. The lowest BCUT2D eigenvalue weighted by atomic mass is 9.85. The van der Waals surface area contributed by atoms with Crippen LogP contribution in [0, 0.1) is 0 Å². The minimum atomic E-state index is -0.965. The summed E-state index contributed by atoms with van der Waals surface area (Å²) in [6, 6.07) is 4.41. The van der Waals surface area contributed by atoms with Crippen LogP contribution in [0.25, 0.3) is 11.1 Å². The number of carbonyl (C=O) groups excluding carboxylic acids is 2. The topological polar surface area (TPSA) is 69.2 Å². The van der Waals surface area contributed by atoms with Crippen molar-refractivity contribution in [1.29, 1.82) is 0 Å². The van der Waals surface area contributed by atoms with Gasteiger partial charge in [0.05, 0.1) is 18.0 Å². The van der Waals surface area contributed by atoms with Gasteiger partial charge in [0.2, 0.25) is 18.4 Å². The van der Waals surface area contributed by atoms with Gasteiger partial charge in [-0.25, -0.2) is 4.39 Å². The van der Waals surface area contributed by atoms with E-state index in [-0.39, 0.29) is 16.9 Å². The van der Waals surface area contributed by atoms with E-state index in [4.69, 9.17) is 4.74 Å². The van der Waals surface area contributed by atoms with Crippen molar-refractivity contribution < 1.29 is 18.7 Å². The van der Waals surface area contributed by atoms with Gasteiger partial charge in [-0.15, -0.1) is 0 Å². The number of fused-ring (bicyclic) bond motifs is 3. The Morgan fingerprint density at radius 1 is 0.947 bits per heavy atom. The number of Topliss-reactive ketones (excluding diaryl/α,β-unsaturated/α-hetero) is 2. The van der Waals surface area contributed by atoms with Crippen molar-refractivity contribution in [2.45, 2.75) is 0 Å². The van der Waals surface area contributed by atoms with Crippen LogP contribution in [0.15, 0.2) is 30.6 Å². The highest BCUT2D eigenvalue weighted by Crippen LogP contribution is 2.34. The second-order valence-electron chi connectivity index (χ2n) is 3.94. The van der Waals surface area contributed by atoms with Crippen LogP contribution < -0.4 is 4.74 Å². The summed E-state index contributed by atoms with van der Waals surface area (Å²) in [6.07, 6.45) is 2.65. The van der Waals surface area contributed by atoms with Gasteiger partial charge in [0.1, 0.15) is 5.75 Å². The Morgan fingerprint density at radius 2 is 1.63 bits per heavy atom. The molecule has 0 spiro atoms. The van der Waals surface area contributed by atoms with E-state index in [1.807, 2.05) is 0 Å². The van der Waals surface area contributed by atoms with Crippen molar-refractivity contribution in [1.82, 2.24) is 10.2 Å². The summed E-state index contributed by atoms with van der Waals surface area (Å²) in [5, 5.41) is 7.30. The van der Waals surface area contributed by atoms with Crippen molar-refractivity contribution in [3.05, 3.63) is 41.7 Å². The molecule has 1 aliphatic carbocycles. The molecule has 0 radical (unpaired) electrons. The third-order valence-corrected chi connectivity index (χ3v) is 2.93. The van der Waals surface area contributed by atoms with Crippen LogP contribution in [0.4, 0.5) is 4.39 Å². The van der Waals surface area contributed by atoms with Crippen LogP contribution in [0.3, 0.4) is 0 Å². The number of ketones is 2. The van der Waals surface area contributed by atoms with E-state index in [0.29, 0.717) is 11.1 Å². The van der Waals surface area contributed by atoms with Crippen LogP contribution in [0.1, 0.15) is 20.7 Å². The lowest BCUT2D eigenvalue weighted by molar-refractivity contribution is 0.0815. The molecule has 0 atom stereocenters. The highest BCUT2D eigenvalue weighted by molar-refractivity contribution is 6.52.